The van der Waals surface area contributed by atoms with Gasteiger partial charge in [0.1, 0.15) is 5.78 Å². The van der Waals surface area contributed by atoms with Crippen molar-refractivity contribution in [1.82, 2.24) is 0 Å². The third kappa shape index (κ3) is 11.3. The summed E-state index contributed by atoms with van der Waals surface area (Å²) in [5, 5.41) is 0. The lowest BCUT2D eigenvalue weighted by Gasteiger charge is -2.16. The van der Waals surface area contributed by atoms with E-state index in [0.29, 0.717) is 25.7 Å². The zero-order valence-corrected chi connectivity index (χ0v) is 12.0. The summed E-state index contributed by atoms with van der Waals surface area (Å²) in [5.74, 6) is -1.09. The van der Waals surface area contributed by atoms with Crippen LogP contribution in [0.1, 0.15) is 67.2 Å². The van der Waals surface area contributed by atoms with Gasteiger partial charge in [-0.1, -0.05) is 41.5 Å². The molecule has 0 unspecified atom stereocenters. The molecule has 0 spiro atoms. The summed E-state index contributed by atoms with van der Waals surface area (Å²) < 4.78 is 11.3. The highest BCUT2D eigenvalue weighted by Crippen LogP contribution is 2.22. The fourth-order valence-electron chi connectivity index (χ4n) is 1.24. The molecule has 1 aliphatic rings. The van der Waals surface area contributed by atoms with Crippen LogP contribution in [0.3, 0.4) is 0 Å². The first-order valence-corrected chi connectivity index (χ1v) is 6.58. The summed E-state index contributed by atoms with van der Waals surface area (Å²) in [7, 11) is 0. The molecule has 1 rings (SSSR count). The predicted octanol–water partition coefficient (Wildman–Crippen LogP) is 4.25. The van der Waals surface area contributed by atoms with E-state index in [9.17, 15) is 14.1 Å². The van der Waals surface area contributed by atoms with Crippen molar-refractivity contribution in [3.63, 3.8) is 0 Å². The lowest BCUT2D eigenvalue weighted by molar-refractivity contribution is -0.190. The molecule has 0 bridgehead atoms. The van der Waals surface area contributed by atoms with E-state index in [2.05, 4.69) is 4.94 Å². The van der Waals surface area contributed by atoms with E-state index < -0.39 is 11.9 Å². The monoisotopic (exact) mass is 250 g/mol. The smallest absolute Gasteiger partial charge is 0.300 e. The number of carbonyl (C=O) groups excluding carboxylic acids is 2. The topological polar surface area (TPSA) is 43.4 Å². The van der Waals surface area contributed by atoms with Gasteiger partial charge in [0.05, 0.1) is 5.92 Å². The first kappa shape index (κ1) is 21.4. The predicted molar refractivity (Wildman–Crippen MR) is 68.2 cm³/mol. The molecule has 104 valence electrons. The lowest BCUT2D eigenvalue weighted by atomic mass is 9.89. The number of Topliss-reactive ketones (excluding diaryl/α,β-unsaturated/α-hetero) is 1. The van der Waals surface area contributed by atoms with Gasteiger partial charge in [-0.05, 0) is 12.8 Å². The molecule has 0 aromatic heterocycles. The van der Waals surface area contributed by atoms with Crippen LogP contribution in [-0.2, 0) is 14.5 Å². The Morgan fingerprint density at radius 3 is 1.71 bits per heavy atom. The first-order valence-electron chi connectivity index (χ1n) is 6.58. The second-order valence-corrected chi connectivity index (χ2v) is 2.71. The van der Waals surface area contributed by atoms with Crippen LogP contribution >= 0.6 is 0 Å². The van der Waals surface area contributed by atoms with Gasteiger partial charge in [-0.3, -0.25) is 9.74 Å². The molecule has 1 saturated carbocycles. The van der Waals surface area contributed by atoms with E-state index in [1.807, 2.05) is 41.5 Å². The molecular formula is C13H27FO3. The van der Waals surface area contributed by atoms with Gasteiger partial charge in [-0.15, -0.1) is 0 Å². The Morgan fingerprint density at radius 2 is 1.41 bits per heavy atom. The number of halogens is 1. The molecule has 0 N–H and O–H groups in total. The van der Waals surface area contributed by atoms with Crippen LogP contribution in [0, 0.1) is 5.92 Å². The van der Waals surface area contributed by atoms with Crippen molar-refractivity contribution in [2.75, 3.05) is 0 Å². The van der Waals surface area contributed by atoms with Crippen LogP contribution in [0.4, 0.5) is 4.53 Å². The maximum atomic E-state index is 11.3. The maximum Gasteiger partial charge on any atom is 0.351 e. The minimum atomic E-state index is -0.836. The van der Waals surface area contributed by atoms with Crippen molar-refractivity contribution in [2.45, 2.75) is 67.2 Å². The van der Waals surface area contributed by atoms with Gasteiger partial charge < -0.3 is 0 Å². The van der Waals surface area contributed by atoms with E-state index in [0.717, 1.165) is 0 Å². The van der Waals surface area contributed by atoms with E-state index in [4.69, 9.17) is 0 Å². The van der Waals surface area contributed by atoms with Gasteiger partial charge in [-0.25, -0.2) is 4.79 Å². The van der Waals surface area contributed by atoms with Crippen molar-refractivity contribution >= 4 is 11.8 Å². The molecule has 0 radical (unpaired) electrons. The van der Waals surface area contributed by atoms with Crippen molar-refractivity contribution in [2.24, 2.45) is 5.92 Å². The molecule has 4 heteroatoms. The van der Waals surface area contributed by atoms with Crippen molar-refractivity contribution in [1.29, 1.82) is 0 Å². The molecule has 1 fully saturated rings. The summed E-state index contributed by atoms with van der Waals surface area (Å²) in [6, 6.07) is 0. The van der Waals surface area contributed by atoms with E-state index >= 15 is 0 Å². The normalized spacial score (nSPS) is 13.9. The molecule has 1 aliphatic carbocycles. The fraction of sp³-hybridized carbons (Fsp3) is 0.846. The van der Waals surface area contributed by atoms with E-state index in [1.54, 1.807) is 0 Å². The maximum absolute atomic E-state index is 11.3. The van der Waals surface area contributed by atoms with Crippen LogP contribution in [0.5, 0.6) is 0 Å². The summed E-state index contributed by atoms with van der Waals surface area (Å²) >= 11 is 0. The first-order chi connectivity index (χ1) is 8.24. The highest BCUT2D eigenvalue weighted by Gasteiger charge is 2.26. The highest BCUT2D eigenvalue weighted by atomic mass is 19.3. The second kappa shape index (κ2) is 17.5. The van der Waals surface area contributed by atoms with E-state index in [-0.39, 0.29) is 5.78 Å². The van der Waals surface area contributed by atoms with Gasteiger partial charge in [0.2, 0.25) is 0 Å². The van der Waals surface area contributed by atoms with Crippen LogP contribution < -0.4 is 0 Å². The summed E-state index contributed by atoms with van der Waals surface area (Å²) in [4.78, 5) is 24.3. The lowest BCUT2D eigenvalue weighted by Crippen LogP contribution is -2.21. The Balaban J connectivity index is -0.000000285. The van der Waals surface area contributed by atoms with Gasteiger partial charge >= 0.3 is 5.97 Å². The van der Waals surface area contributed by atoms with Crippen molar-refractivity contribution in [3.05, 3.63) is 0 Å². The minimum Gasteiger partial charge on any atom is -0.300 e. The highest BCUT2D eigenvalue weighted by molar-refractivity contribution is 5.82. The van der Waals surface area contributed by atoms with Crippen LogP contribution in [0.2, 0.25) is 0 Å². The van der Waals surface area contributed by atoms with Crippen molar-refractivity contribution < 1.29 is 19.1 Å². The molecule has 0 atom stereocenters. The molecule has 3 nitrogen and oxygen atoms in total. The van der Waals surface area contributed by atoms with Gasteiger partial charge in [-0.2, -0.15) is 0 Å². The van der Waals surface area contributed by atoms with Crippen LogP contribution in [-0.4, -0.2) is 11.8 Å². The Kier molecular flexibility index (Phi) is 21.9. The quantitative estimate of drug-likeness (QED) is 0.698. The second-order valence-electron chi connectivity index (χ2n) is 2.71. The molecule has 17 heavy (non-hydrogen) atoms. The molecule has 0 aromatic rings. The molecule has 0 amide bonds. The minimum absolute atomic E-state index is 0.146. The number of rotatable bonds is 1. The van der Waals surface area contributed by atoms with Gasteiger partial charge in [0.25, 0.3) is 0 Å². The van der Waals surface area contributed by atoms with Crippen LogP contribution in [0.15, 0.2) is 0 Å². The summed E-state index contributed by atoms with van der Waals surface area (Å²) in [5.41, 5.74) is 0. The Labute approximate surface area is 105 Å². The fourth-order valence-corrected chi connectivity index (χ4v) is 1.24. The molecular weight excluding hydrogens is 223 g/mol. The zero-order valence-electron chi connectivity index (χ0n) is 12.0. The largest absolute Gasteiger partial charge is 0.351 e. The number of hydrogen-bond acceptors (Lipinski definition) is 3. The Bertz CT molecular complexity index is 172. The average molecular weight is 250 g/mol. The standard InChI is InChI=1S/C7H9FO3.3C2H6/c8-11-7(10)5-1-3-6(9)4-2-5;3*1-2/h5H,1-4H2;3*1-2H3. The average Bonchev–Trinajstić information content (AvgIpc) is 2.45. The molecule has 0 saturated heterocycles. The zero-order chi connectivity index (χ0) is 14.3. The number of carbonyl (C=O) groups is 2. The third-order valence-corrected chi connectivity index (χ3v) is 1.95. The van der Waals surface area contributed by atoms with Gasteiger partial charge in [0.15, 0.2) is 0 Å². The van der Waals surface area contributed by atoms with Crippen molar-refractivity contribution in [3.8, 4) is 0 Å². The Hall–Kier alpha value is -0.930. The molecule has 0 aliphatic heterocycles. The Morgan fingerprint density at radius 1 is 1.06 bits per heavy atom. The molecule has 0 aromatic carbocycles. The summed E-state index contributed by atoms with van der Waals surface area (Å²) in [6.45, 7) is 12.0. The van der Waals surface area contributed by atoms with Gasteiger partial charge in [0, 0.05) is 17.4 Å². The van der Waals surface area contributed by atoms with E-state index in [1.165, 1.54) is 0 Å². The summed E-state index contributed by atoms with van der Waals surface area (Å²) in [6.07, 6.45) is 1.61. The SMILES string of the molecule is CC.CC.CC.O=C1CCC(C(=O)OF)CC1. The third-order valence-electron chi connectivity index (χ3n) is 1.95. The number of hydrogen-bond donors (Lipinski definition) is 0. The molecule has 0 heterocycles. The van der Waals surface area contributed by atoms with Crippen LogP contribution in [0.25, 0.3) is 0 Å². The number of ketones is 1.